The molecule has 0 bridgehead atoms. The predicted molar refractivity (Wildman–Crippen MR) is 82.9 cm³/mol. The lowest BCUT2D eigenvalue weighted by Crippen LogP contribution is -2.40. The quantitative estimate of drug-likeness (QED) is 0.924. The SMILES string of the molecule is CC1(C(=O)Cc2cccc3ccccc23)CCNCC1. The molecule has 1 heterocycles. The second kappa shape index (κ2) is 5.37. The van der Waals surface area contributed by atoms with Gasteiger partial charge in [0, 0.05) is 11.8 Å². The third-order valence-corrected chi connectivity index (χ3v) is 4.61. The molecule has 3 rings (SSSR count). The van der Waals surface area contributed by atoms with Gasteiger partial charge in [-0.3, -0.25) is 4.79 Å². The van der Waals surface area contributed by atoms with Gasteiger partial charge in [-0.2, -0.15) is 0 Å². The van der Waals surface area contributed by atoms with Crippen LogP contribution in [0.4, 0.5) is 0 Å². The molecule has 2 heteroatoms. The first-order chi connectivity index (χ1) is 9.69. The van der Waals surface area contributed by atoms with Gasteiger partial charge in [0.25, 0.3) is 0 Å². The maximum absolute atomic E-state index is 12.7. The number of rotatable bonds is 3. The van der Waals surface area contributed by atoms with E-state index in [-0.39, 0.29) is 5.41 Å². The van der Waals surface area contributed by atoms with Crippen molar-refractivity contribution in [2.45, 2.75) is 26.2 Å². The van der Waals surface area contributed by atoms with Gasteiger partial charge < -0.3 is 5.32 Å². The van der Waals surface area contributed by atoms with Gasteiger partial charge in [0.05, 0.1) is 0 Å². The number of Topliss-reactive ketones (excluding diaryl/α,β-unsaturated/α-hetero) is 1. The minimum atomic E-state index is -0.151. The van der Waals surface area contributed by atoms with Gasteiger partial charge in [0.15, 0.2) is 0 Å². The fraction of sp³-hybridized carbons (Fsp3) is 0.389. The van der Waals surface area contributed by atoms with Crippen molar-refractivity contribution in [3.05, 3.63) is 48.0 Å². The molecule has 0 saturated carbocycles. The highest BCUT2D eigenvalue weighted by Crippen LogP contribution is 2.31. The van der Waals surface area contributed by atoms with Gasteiger partial charge in [-0.25, -0.2) is 0 Å². The summed E-state index contributed by atoms with van der Waals surface area (Å²) in [5, 5.41) is 5.76. The third kappa shape index (κ3) is 2.48. The number of carbonyl (C=O) groups is 1. The van der Waals surface area contributed by atoms with Gasteiger partial charge in [-0.05, 0) is 42.3 Å². The Morgan fingerprint density at radius 3 is 2.60 bits per heavy atom. The highest BCUT2D eigenvalue weighted by Gasteiger charge is 2.34. The molecule has 2 aromatic rings. The Kier molecular flexibility index (Phi) is 3.58. The second-order valence-electron chi connectivity index (χ2n) is 6.05. The largest absolute Gasteiger partial charge is 0.317 e. The van der Waals surface area contributed by atoms with Crippen LogP contribution in [0.5, 0.6) is 0 Å². The number of benzene rings is 2. The Morgan fingerprint density at radius 1 is 1.10 bits per heavy atom. The normalized spacial score (nSPS) is 18.1. The summed E-state index contributed by atoms with van der Waals surface area (Å²) in [4.78, 5) is 12.7. The van der Waals surface area contributed by atoms with E-state index >= 15 is 0 Å². The molecule has 0 atom stereocenters. The minimum absolute atomic E-state index is 0.151. The van der Waals surface area contributed by atoms with E-state index in [1.165, 1.54) is 10.8 Å². The summed E-state index contributed by atoms with van der Waals surface area (Å²) in [5.41, 5.74) is 1.01. The summed E-state index contributed by atoms with van der Waals surface area (Å²) < 4.78 is 0. The molecule has 2 aromatic carbocycles. The molecule has 0 amide bonds. The van der Waals surface area contributed by atoms with Crippen LogP contribution < -0.4 is 5.32 Å². The number of fused-ring (bicyclic) bond motifs is 1. The van der Waals surface area contributed by atoms with Gasteiger partial charge in [-0.1, -0.05) is 49.4 Å². The molecule has 0 radical (unpaired) electrons. The van der Waals surface area contributed by atoms with Crippen molar-refractivity contribution >= 4 is 16.6 Å². The highest BCUT2D eigenvalue weighted by atomic mass is 16.1. The average molecular weight is 267 g/mol. The lowest BCUT2D eigenvalue weighted by atomic mass is 9.75. The summed E-state index contributed by atoms with van der Waals surface area (Å²) in [6.45, 7) is 4.04. The first kappa shape index (κ1) is 13.3. The molecule has 1 aliphatic rings. The van der Waals surface area contributed by atoms with Gasteiger partial charge >= 0.3 is 0 Å². The third-order valence-electron chi connectivity index (χ3n) is 4.61. The second-order valence-corrected chi connectivity index (χ2v) is 6.05. The zero-order valence-corrected chi connectivity index (χ0v) is 12.0. The minimum Gasteiger partial charge on any atom is -0.317 e. The van der Waals surface area contributed by atoms with E-state index in [4.69, 9.17) is 0 Å². The smallest absolute Gasteiger partial charge is 0.143 e. The van der Waals surface area contributed by atoms with Crippen LogP contribution in [-0.4, -0.2) is 18.9 Å². The van der Waals surface area contributed by atoms with Gasteiger partial charge in [0.2, 0.25) is 0 Å². The fourth-order valence-electron chi connectivity index (χ4n) is 3.09. The Morgan fingerprint density at radius 2 is 1.80 bits per heavy atom. The van der Waals surface area contributed by atoms with E-state index < -0.39 is 0 Å². The molecule has 0 aliphatic carbocycles. The predicted octanol–water partition coefficient (Wildman–Crippen LogP) is 3.34. The Bertz CT molecular complexity index is 621. The van der Waals surface area contributed by atoms with Crippen LogP contribution in [0.2, 0.25) is 0 Å². The Labute approximate surface area is 120 Å². The Balaban J connectivity index is 1.87. The lowest BCUT2D eigenvalue weighted by Gasteiger charge is -2.32. The van der Waals surface area contributed by atoms with Gasteiger partial charge in [0.1, 0.15) is 5.78 Å². The number of ketones is 1. The summed E-state index contributed by atoms with van der Waals surface area (Å²) in [5.74, 6) is 0.385. The fourth-order valence-corrected chi connectivity index (χ4v) is 3.09. The van der Waals surface area contributed by atoms with E-state index in [0.29, 0.717) is 12.2 Å². The highest BCUT2D eigenvalue weighted by molar-refractivity contribution is 5.93. The molecule has 1 aliphatic heterocycles. The van der Waals surface area contributed by atoms with Crippen molar-refractivity contribution < 1.29 is 4.79 Å². The number of hydrogen-bond donors (Lipinski definition) is 1. The van der Waals surface area contributed by atoms with Crippen LogP contribution >= 0.6 is 0 Å². The molecule has 0 spiro atoms. The first-order valence-corrected chi connectivity index (χ1v) is 7.40. The molecule has 0 aromatic heterocycles. The van der Waals surface area contributed by atoms with Crippen molar-refractivity contribution in [1.29, 1.82) is 0 Å². The summed E-state index contributed by atoms with van der Waals surface area (Å²) in [6, 6.07) is 14.6. The molecule has 20 heavy (non-hydrogen) atoms. The first-order valence-electron chi connectivity index (χ1n) is 7.40. The zero-order valence-electron chi connectivity index (χ0n) is 12.0. The van der Waals surface area contributed by atoms with E-state index in [1.54, 1.807) is 0 Å². The van der Waals surface area contributed by atoms with Crippen molar-refractivity contribution in [1.82, 2.24) is 5.32 Å². The molecule has 2 nitrogen and oxygen atoms in total. The van der Waals surface area contributed by atoms with Crippen LogP contribution in [0.1, 0.15) is 25.3 Å². The molecule has 1 saturated heterocycles. The molecule has 1 fully saturated rings. The van der Waals surface area contributed by atoms with Crippen molar-refractivity contribution in [2.75, 3.05) is 13.1 Å². The number of nitrogens with one attached hydrogen (secondary N) is 1. The zero-order chi connectivity index (χ0) is 14.0. The van der Waals surface area contributed by atoms with Crippen LogP contribution in [0.3, 0.4) is 0 Å². The number of piperidine rings is 1. The number of hydrogen-bond acceptors (Lipinski definition) is 2. The van der Waals surface area contributed by atoms with Crippen molar-refractivity contribution in [3.8, 4) is 0 Å². The molecular weight excluding hydrogens is 246 g/mol. The van der Waals surface area contributed by atoms with E-state index in [0.717, 1.165) is 31.5 Å². The van der Waals surface area contributed by atoms with Gasteiger partial charge in [-0.15, -0.1) is 0 Å². The van der Waals surface area contributed by atoms with E-state index in [1.807, 2.05) is 12.1 Å². The monoisotopic (exact) mass is 267 g/mol. The van der Waals surface area contributed by atoms with E-state index in [9.17, 15) is 4.79 Å². The van der Waals surface area contributed by atoms with Crippen LogP contribution in [0, 0.1) is 5.41 Å². The Hall–Kier alpha value is -1.67. The number of carbonyl (C=O) groups excluding carboxylic acids is 1. The molecule has 1 N–H and O–H groups in total. The lowest BCUT2D eigenvalue weighted by molar-refractivity contribution is -0.128. The maximum Gasteiger partial charge on any atom is 0.143 e. The molecule has 104 valence electrons. The molecular formula is C18H21NO. The molecule has 0 unspecified atom stereocenters. The van der Waals surface area contributed by atoms with Crippen LogP contribution in [0.25, 0.3) is 10.8 Å². The summed E-state index contributed by atoms with van der Waals surface area (Å²) >= 11 is 0. The average Bonchev–Trinajstić information content (AvgIpc) is 2.48. The van der Waals surface area contributed by atoms with Crippen molar-refractivity contribution in [2.24, 2.45) is 5.41 Å². The van der Waals surface area contributed by atoms with Crippen molar-refractivity contribution in [3.63, 3.8) is 0 Å². The topological polar surface area (TPSA) is 29.1 Å². The maximum atomic E-state index is 12.7. The standard InChI is InChI=1S/C18H21NO/c1-18(9-11-19-12-10-18)17(20)13-15-7-4-6-14-5-2-3-8-16(14)15/h2-8,19H,9-13H2,1H3. The van der Waals surface area contributed by atoms with Crippen LogP contribution in [-0.2, 0) is 11.2 Å². The summed E-state index contributed by atoms with van der Waals surface area (Å²) in [6.07, 6.45) is 2.46. The summed E-state index contributed by atoms with van der Waals surface area (Å²) in [7, 11) is 0. The van der Waals surface area contributed by atoms with E-state index in [2.05, 4.69) is 42.6 Å². The van der Waals surface area contributed by atoms with Crippen LogP contribution in [0.15, 0.2) is 42.5 Å².